The molecule has 2 aromatic carbocycles. The average Bonchev–Trinajstić information content (AvgIpc) is 2.65. The first-order valence-electron chi connectivity index (χ1n) is 8.74. The van der Waals surface area contributed by atoms with E-state index in [-0.39, 0.29) is 0 Å². The van der Waals surface area contributed by atoms with Gasteiger partial charge in [0.15, 0.2) is 0 Å². The lowest BCUT2D eigenvalue weighted by Gasteiger charge is -2.38. The number of rotatable bonds is 5. The molecule has 0 spiro atoms. The number of nitrogens with one attached hydrogen (secondary N) is 1. The lowest BCUT2D eigenvalue weighted by Crippen LogP contribution is -2.46. The van der Waals surface area contributed by atoms with Gasteiger partial charge in [-0.3, -0.25) is 0 Å². The number of anilines is 2. The summed E-state index contributed by atoms with van der Waals surface area (Å²) in [6.07, 6.45) is 0. The monoisotopic (exact) mass is 337 g/mol. The van der Waals surface area contributed by atoms with Gasteiger partial charge in [-0.15, -0.1) is 0 Å². The van der Waals surface area contributed by atoms with Gasteiger partial charge in [-0.1, -0.05) is 24.8 Å². The quantitative estimate of drug-likeness (QED) is 0.892. The van der Waals surface area contributed by atoms with Crippen molar-refractivity contribution >= 4 is 11.4 Å². The van der Waals surface area contributed by atoms with E-state index < -0.39 is 0 Å². The zero-order valence-corrected chi connectivity index (χ0v) is 15.4. The van der Waals surface area contributed by atoms with Crippen molar-refractivity contribution in [2.45, 2.75) is 13.8 Å². The molecule has 0 saturated carbocycles. The van der Waals surface area contributed by atoms with Crippen LogP contribution in [0.3, 0.4) is 0 Å². The van der Waals surface area contributed by atoms with Crippen LogP contribution in [0, 0.1) is 13.8 Å². The highest BCUT2D eigenvalue weighted by molar-refractivity contribution is 5.56. The summed E-state index contributed by atoms with van der Waals surface area (Å²) >= 11 is 0. The van der Waals surface area contributed by atoms with Crippen LogP contribution in [-0.4, -0.2) is 38.2 Å². The normalized spacial score (nSPS) is 14.4. The second-order valence-corrected chi connectivity index (χ2v) is 6.57. The summed E-state index contributed by atoms with van der Waals surface area (Å²) in [7, 11) is 1.71. The fourth-order valence-electron chi connectivity index (χ4n) is 3.15. The Labute approximate surface area is 150 Å². The number of nitrogens with zero attached hydrogens (tertiary/aromatic N) is 2. The number of benzene rings is 2. The molecule has 1 aliphatic rings. The van der Waals surface area contributed by atoms with Gasteiger partial charge >= 0.3 is 0 Å². The van der Waals surface area contributed by atoms with E-state index in [4.69, 9.17) is 4.74 Å². The molecule has 1 heterocycles. The number of ether oxygens (including phenoxy) is 1. The van der Waals surface area contributed by atoms with Crippen LogP contribution in [0.4, 0.5) is 11.4 Å². The van der Waals surface area contributed by atoms with E-state index in [0.717, 1.165) is 43.4 Å². The van der Waals surface area contributed by atoms with Gasteiger partial charge in [-0.05, 0) is 43.2 Å². The molecule has 0 unspecified atom stereocenters. The maximum absolute atomic E-state index is 5.33. The predicted octanol–water partition coefficient (Wildman–Crippen LogP) is 4.02. The number of piperazine rings is 1. The van der Waals surface area contributed by atoms with E-state index >= 15 is 0 Å². The molecule has 1 N–H and O–H groups in total. The maximum atomic E-state index is 5.33. The smallest absolute Gasteiger partial charge is 0.120 e. The third-order valence-corrected chi connectivity index (χ3v) is 4.75. The van der Waals surface area contributed by atoms with Crippen molar-refractivity contribution in [3.05, 3.63) is 66.0 Å². The van der Waals surface area contributed by atoms with E-state index in [1.807, 2.05) is 12.1 Å². The Morgan fingerprint density at radius 3 is 2.52 bits per heavy atom. The topological polar surface area (TPSA) is 27.7 Å². The number of hydrogen-bond donors (Lipinski definition) is 1. The van der Waals surface area contributed by atoms with Crippen LogP contribution in [0.25, 0.3) is 0 Å². The van der Waals surface area contributed by atoms with Gasteiger partial charge in [-0.25, -0.2) is 0 Å². The van der Waals surface area contributed by atoms with E-state index in [1.165, 1.54) is 16.8 Å². The van der Waals surface area contributed by atoms with Gasteiger partial charge < -0.3 is 19.9 Å². The van der Waals surface area contributed by atoms with E-state index in [2.05, 4.69) is 65.9 Å². The molecule has 0 atom stereocenters. The number of methoxy groups -OCH3 is 1. The summed E-state index contributed by atoms with van der Waals surface area (Å²) in [6.45, 7) is 12.3. The molecule has 2 aromatic rings. The molecule has 4 heteroatoms. The lowest BCUT2D eigenvalue weighted by atomic mass is 10.1. The molecule has 0 aromatic heterocycles. The predicted molar refractivity (Wildman–Crippen MR) is 105 cm³/mol. The Hall–Kier alpha value is -2.62. The molecule has 0 aliphatic carbocycles. The first-order valence-corrected chi connectivity index (χ1v) is 8.74. The molecule has 1 fully saturated rings. The summed E-state index contributed by atoms with van der Waals surface area (Å²) in [4.78, 5) is 4.71. The van der Waals surface area contributed by atoms with Gasteiger partial charge in [0.05, 0.1) is 12.9 Å². The fourth-order valence-corrected chi connectivity index (χ4v) is 3.15. The van der Waals surface area contributed by atoms with Gasteiger partial charge in [0, 0.05) is 43.6 Å². The third-order valence-electron chi connectivity index (χ3n) is 4.75. The Balaban J connectivity index is 1.60. The van der Waals surface area contributed by atoms with Crippen molar-refractivity contribution in [2.24, 2.45) is 0 Å². The zero-order chi connectivity index (χ0) is 17.8. The molecule has 4 nitrogen and oxygen atoms in total. The molecule has 1 saturated heterocycles. The van der Waals surface area contributed by atoms with Gasteiger partial charge in [-0.2, -0.15) is 0 Å². The minimum Gasteiger partial charge on any atom is -0.497 e. The summed E-state index contributed by atoms with van der Waals surface area (Å²) < 4.78 is 5.33. The SMILES string of the molecule is C=C(Nc1cc(C)ccc1C)N1CCN(c2cccc(OC)c2)CC1. The standard InChI is InChI=1S/C21H27N3O/c1-16-8-9-17(2)21(14-16)22-18(3)23-10-12-24(13-11-23)19-6-5-7-20(15-19)25-4/h5-9,14-15,22H,3,10-13H2,1-2,4H3. The summed E-state index contributed by atoms with van der Waals surface area (Å²) in [5.41, 5.74) is 4.85. The van der Waals surface area contributed by atoms with Crippen molar-refractivity contribution in [3.63, 3.8) is 0 Å². The van der Waals surface area contributed by atoms with E-state index in [1.54, 1.807) is 7.11 Å². The van der Waals surface area contributed by atoms with Crippen LogP contribution in [0.5, 0.6) is 5.75 Å². The van der Waals surface area contributed by atoms with Crippen molar-refractivity contribution in [2.75, 3.05) is 43.5 Å². The van der Waals surface area contributed by atoms with Crippen LogP contribution in [0.1, 0.15) is 11.1 Å². The van der Waals surface area contributed by atoms with Gasteiger partial charge in [0.1, 0.15) is 5.75 Å². The third kappa shape index (κ3) is 4.08. The van der Waals surface area contributed by atoms with Crippen molar-refractivity contribution < 1.29 is 4.74 Å². The van der Waals surface area contributed by atoms with Gasteiger partial charge in [0.25, 0.3) is 0 Å². The van der Waals surface area contributed by atoms with E-state index in [0.29, 0.717) is 0 Å². The second kappa shape index (κ2) is 7.51. The molecule has 0 amide bonds. The summed E-state index contributed by atoms with van der Waals surface area (Å²) in [5.74, 6) is 1.87. The molecule has 0 bridgehead atoms. The Bertz CT molecular complexity index is 749. The largest absolute Gasteiger partial charge is 0.497 e. The number of aryl methyl sites for hydroxylation is 2. The Morgan fingerprint density at radius 2 is 1.80 bits per heavy atom. The Morgan fingerprint density at radius 1 is 1.04 bits per heavy atom. The second-order valence-electron chi connectivity index (χ2n) is 6.57. The van der Waals surface area contributed by atoms with Crippen molar-refractivity contribution in [3.8, 4) is 5.75 Å². The Kier molecular flexibility index (Phi) is 5.17. The molecule has 25 heavy (non-hydrogen) atoms. The van der Waals surface area contributed by atoms with Crippen LogP contribution in [0.2, 0.25) is 0 Å². The highest BCUT2D eigenvalue weighted by Crippen LogP contribution is 2.24. The van der Waals surface area contributed by atoms with Crippen LogP contribution in [0.15, 0.2) is 54.9 Å². The molecular formula is C21H27N3O. The van der Waals surface area contributed by atoms with Crippen molar-refractivity contribution in [1.82, 2.24) is 4.90 Å². The molecule has 1 aliphatic heterocycles. The zero-order valence-electron chi connectivity index (χ0n) is 15.4. The molecule has 3 rings (SSSR count). The highest BCUT2D eigenvalue weighted by Gasteiger charge is 2.19. The van der Waals surface area contributed by atoms with Crippen LogP contribution in [-0.2, 0) is 0 Å². The first kappa shape index (κ1) is 17.2. The maximum Gasteiger partial charge on any atom is 0.120 e. The fraction of sp³-hybridized carbons (Fsp3) is 0.333. The first-order chi connectivity index (χ1) is 12.1. The van der Waals surface area contributed by atoms with Gasteiger partial charge in [0.2, 0.25) is 0 Å². The van der Waals surface area contributed by atoms with Crippen molar-refractivity contribution in [1.29, 1.82) is 0 Å². The molecular weight excluding hydrogens is 310 g/mol. The average molecular weight is 337 g/mol. The highest BCUT2D eigenvalue weighted by atomic mass is 16.5. The van der Waals surface area contributed by atoms with E-state index in [9.17, 15) is 0 Å². The molecule has 0 radical (unpaired) electrons. The summed E-state index contributed by atoms with van der Waals surface area (Å²) in [5, 5.41) is 3.49. The lowest BCUT2D eigenvalue weighted by molar-refractivity contribution is 0.325. The summed E-state index contributed by atoms with van der Waals surface area (Å²) in [6, 6.07) is 14.7. The minimum absolute atomic E-state index is 0.904. The molecule has 132 valence electrons. The number of hydrogen-bond acceptors (Lipinski definition) is 4. The van der Waals surface area contributed by atoms with Crippen LogP contribution < -0.4 is 15.0 Å². The minimum atomic E-state index is 0.904. The van der Waals surface area contributed by atoms with Crippen LogP contribution >= 0.6 is 0 Å².